The minimum atomic E-state index is -1.52. The molecule has 0 saturated carbocycles. The van der Waals surface area contributed by atoms with Crippen molar-refractivity contribution in [2.24, 2.45) is 0 Å². The molecule has 9 nitrogen and oxygen atoms in total. The van der Waals surface area contributed by atoms with Crippen molar-refractivity contribution >= 4 is 11.9 Å². The van der Waals surface area contributed by atoms with E-state index in [9.17, 15) is 24.9 Å². The van der Waals surface area contributed by atoms with Gasteiger partial charge in [-0.05, 0) is 0 Å². The molecule has 1 aliphatic heterocycles. The van der Waals surface area contributed by atoms with Crippen molar-refractivity contribution in [2.75, 3.05) is 13.7 Å². The van der Waals surface area contributed by atoms with Crippen LogP contribution < -0.4 is 5.32 Å². The molecule has 0 aliphatic carbocycles. The molecular formula is C13H21NO8. The molecule has 0 aromatic rings. The van der Waals surface area contributed by atoms with E-state index in [1.165, 1.54) is 19.1 Å². The molecule has 1 heterocycles. The van der Waals surface area contributed by atoms with E-state index >= 15 is 0 Å². The van der Waals surface area contributed by atoms with Crippen LogP contribution in [0.4, 0.5) is 0 Å². The lowest BCUT2D eigenvalue weighted by molar-refractivity contribution is -0.216. The van der Waals surface area contributed by atoms with Gasteiger partial charge in [0.1, 0.15) is 36.6 Å². The summed E-state index contributed by atoms with van der Waals surface area (Å²) in [6.45, 7) is 0.666. The Bertz CT molecular complexity index is 424. The third kappa shape index (κ3) is 4.49. The Labute approximate surface area is 127 Å². The van der Waals surface area contributed by atoms with Crippen molar-refractivity contribution in [1.29, 1.82) is 0 Å². The molecule has 0 radical (unpaired) electrons. The molecule has 1 rings (SSSR count). The third-order valence-electron chi connectivity index (χ3n) is 3.24. The lowest BCUT2D eigenvalue weighted by Crippen LogP contribution is -2.58. The van der Waals surface area contributed by atoms with Crippen LogP contribution >= 0.6 is 0 Å². The number of nitrogens with one attached hydrogen (secondary N) is 1. The zero-order valence-corrected chi connectivity index (χ0v) is 12.2. The zero-order chi connectivity index (χ0) is 16.9. The van der Waals surface area contributed by atoms with Crippen molar-refractivity contribution in [3.05, 3.63) is 12.2 Å². The minimum absolute atomic E-state index is 0.464. The van der Waals surface area contributed by atoms with E-state index in [1.54, 1.807) is 0 Å². The lowest BCUT2D eigenvalue weighted by atomic mass is 9.94. The Balaban J connectivity index is 2.84. The molecule has 0 aromatic heterocycles. The van der Waals surface area contributed by atoms with Crippen LogP contribution in [0.3, 0.4) is 0 Å². The van der Waals surface area contributed by atoms with Crippen molar-refractivity contribution in [3.63, 3.8) is 0 Å². The number of amides is 1. The van der Waals surface area contributed by atoms with Gasteiger partial charge in [-0.3, -0.25) is 4.79 Å². The molecule has 0 spiro atoms. The average Bonchev–Trinajstić information content (AvgIpc) is 2.49. The van der Waals surface area contributed by atoms with Gasteiger partial charge in [-0.2, -0.15) is 0 Å². The molecule has 1 aliphatic rings. The van der Waals surface area contributed by atoms with Crippen LogP contribution in [0.1, 0.15) is 6.92 Å². The first-order valence-electron chi connectivity index (χ1n) is 6.65. The van der Waals surface area contributed by atoms with E-state index in [0.29, 0.717) is 0 Å². The summed E-state index contributed by atoms with van der Waals surface area (Å²) in [6, 6.07) is -1.09. The van der Waals surface area contributed by atoms with Gasteiger partial charge in [0, 0.05) is 6.92 Å². The quantitative estimate of drug-likeness (QED) is 0.267. The number of aliphatic hydroxyl groups excluding tert-OH is 4. The van der Waals surface area contributed by atoms with Gasteiger partial charge >= 0.3 is 5.97 Å². The number of aliphatic hydroxyl groups is 4. The second kappa shape index (κ2) is 8.20. The molecule has 0 unspecified atom stereocenters. The molecule has 22 heavy (non-hydrogen) atoms. The Morgan fingerprint density at radius 1 is 1.27 bits per heavy atom. The summed E-state index contributed by atoms with van der Waals surface area (Å²) >= 11 is 0. The Hall–Kier alpha value is -1.52. The van der Waals surface area contributed by atoms with Gasteiger partial charge in [0.2, 0.25) is 5.91 Å². The molecule has 1 fully saturated rings. The molecular weight excluding hydrogens is 298 g/mol. The number of ether oxygens (including phenoxy) is 2. The predicted octanol–water partition coefficient (Wildman–Crippen LogP) is -2.94. The first-order chi connectivity index (χ1) is 10.3. The van der Waals surface area contributed by atoms with E-state index in [0.717, 1.165) is 7.11 Å². The van der Waals surface area contributed by atoms with Gasteiger partial charge in [-0.1, -0.05) is 12.2 Å². The highest BCUT2D eigenvalue weighted by molar-refractivity contribution is 5.84. The van der Waals surface area contributed by atoms with Crippen LogP contribution in [-0.2, 0) is 19.1 Å². The smallest absolute Gasteiger partial charge is 0.332 e. The Morgan fingerprint density at radius 2 is 1.91 bits per heavy atom. The fraction of sp³-hybridized carbons (Fsp3) is 0.692. The molecule has 9 heteroatoms. The molecule has 5 N–H and O–H groups in total. The van der Waals surface area contributed by atoms with Gasteiger partial charge in [-0.15, -0.1) is 0 Å². The van der Waals surface area contributed by atoms with Crippen LogP contribution in [0, 0.1) is 0 Å². The van der Waals surface area contributed by atoms with E-state index in [1.807, 2.05) is 0 Å². The summed E-state index contributed by atoms with van der Waals surface area (Å²) in [7, 11) is 1.15. The van der Waals surface area contributed by atoms with E-state index in [2.05, 4.69) is 10.1 Å². The molecule has 0 bridgehead atoms. The molecule has 0 aromatic carbocycles. The minimum Gasteiger partial charge on any atom is -0.467 e. The van der Waals surface area contributed by atoms with Crippen molar-refractivity contribution < 1.29 is 39.5 Å². The van der Waals surface area contributed by atoms with Crippen molar-refractivity contribution in [1.82, 2.24) is 5.32 Å². The zero-order valence-electron chi connectivity index (χ0n) is 12.2. The van der Waals surface area contributed by atoms with Crippen LogP contribution in [0.5, 0.6) is 0 Å². The second-order valence-electron chi connectivity index (χ2n) is 4.88. The van der Waals surface area contributed by atoms with E-state index in [4.69, 9.17) is 9.84 Å². The normalized spacial score (nSPS) is 33.5. The Kier molecular flexibility index (Phi) is 6.91. The highest BCUT2D eigenvalue weighted by atomic mass is 16.5. The SMILES string of the molecule is COC(=O)[C@H](C=C[C@@H]1O[C@H](CO)[C@@H](O)[C@H](O)[C@H]1O)NC(C)=O. The summed E-state index contributed by atoms with van der Waals surface area (Å²) in [5, 5.41) is 40.5. The highest BCUT2D eigenvalue weighted by Gasteiger charge is 2.42. The maximum Gasteiger partial charge on any atom is 0.332 e. The third-order valence-corrected chi connectivity index (χ3v) is 3.24. The van der Waals surface area contributed by atoms with Crippen LogP contribution in [0.2, 0.25) is 0 Å². The number of hydrogen-bond acceptors (Lipinski definition) is 8. The predicted molar refractivity (Wildman–Crippen MR) is 72.5 cm³/mol. The first-order valence-corrected chi connectivity index (χ1v) is 6.65. The number of carbonyl (C=O) groups excluding carboxylic acids is 2. The van der Waals surface area contributed by atoms with Gasteiger partial charge in [-0.25, -0.2) is 4.79 Å². The fourth-order valence-corrected chi connectivity index (χ4v) is 2.04. The first kappa shape index (κ1) is 18.5. The Morgan fingerprint density at radius 3 is 2.41 bits per heavy atom. The average molecular weight is 319 g/mol. The number of rotatable bonds is 5. The maximum absolute atomic E-state index is 11.5. The van der Waals surface area contributed by atoms with Gasteiger partial charge in [0.05, 0.1) is 13.7 Å². The van der Waals surface area contributed by atoms with E-state index in [-0.39, 0.29) is 0 Å². The topological polar surface area (TPSA) is 146 Å². The second-order valence-corrected chi connectivity index (χ2v) is 4.88. The van der Waals surface area contributed by atoms with Crippen molar-refractivity contribution in [3.8, 4) is 0 Å². The van der Waals surface area contributed by atoms with Crippen LogP contribution in [0.15, 0.2) is 12.2 Å². The van der Waals surface area contributed by atoms with Gasteiger partial charge < -0.3 is 35.2 Å². The lowest BCUT2D eigenvalue weighted by Gasteiger charge is -2.39. The van der Waals surface area contributed by atoms with Crippen LogP contribution in [-0.4, -0.2) is 82.6 Å². The van der Waals surface area contributed by atoms with E-state index < -0.39 is 55.0 Å². The molecule has 1 saturated heterocycles. The number of esters is 1. The highest BCUT2D eigenvalue weighted by Crippen LogP contribution is 2.22. The number of carbonyl (C=O) groups is 2. The number of hydrogen-bond donors (Lipinski definition) is 5. The number of methoxy groups -OCH3 is 1. The summed E-state index contributed by atoms with van der Waals surface area (Å²) in [6.07, 6.45) is -4.07. The van der Waals surface area contributed by atoms with Gasteiger partial charge in [0.25, 0.3) is 0 Å². The summed E-state index contributed by atoms with van der Waals surface area (Å²) < 4.78 is 9.76. The molecule has 126 valence electrons. The fourth-order valence-electron chi connectivity index (χ4n) is 2.04. The van der Waals surface area contributed by atoms with Gasteiger partial charge in [0.15, 0.2) is 0 Å². The van der Waals surface area contributed by atoms with Crippen LogP contribution in [0.25, 0.3) is 0 Å². The monoisotopic (exact) mass is 319 g/mol. The largest absolute Gasteiger partial charge is 0.467 e. The summed E-state index contributed by atoms with van der Waals surface area (Å²) in [5.74, 6) is -1.19. The standard InChI is InChI=1S/C13H21NO8/c1-6(16)14-7(13(20)21-2)3-4-8-10(17)12(19)11(18)9(5-15)22-8/h3-4,7-12,15,17-19H,5H2,1-2H3,(H,14,16)/t7-,8-,9+,10-,11+,12+/m0/s1. The summed E-state index contributed by atoms with van der Waals surface area (Å²) in [5.41, 5.74) is 0. The maximum atomic E-state index is 11.5. The molecule has 1 amide bonds. The summed E-state index contributed by atoms with van der Waals surface area (Å²) in [4.78, 5) is 22.6. The van der Waals surface area contributed by atoms with Crippen molar-refractivity contribution in [2.45, 2.75) is 43.5 Å². The molecule has 6 atom stereocenters.